The van der Waals surface area contributed by atoms with Gasteiger partial charge in [0.15, 0.2) is 8.07 Å². The molecule has 0 amide bonds. The second kappa shape index (κ2) is 17.0. The summed E-state index contributed by atoms with van der Waals surface area (Å²) in [6, 6.07) is 102. The van der Waals surface area contributed by atoms with Crippen LogP contribution in [-0.2, 0) is 5.41 Å². The van der Waals surface area contributed by atoms with Gasteiger partial charge in [-0.3, -0.25) is 0 Å². The molecule has 3 heteroatoms. The summed E-state index contributed by atoms with van der Waals surface area (Å²) >= 11 is 0. The summed E-state index contributed by atoms with van der Waals surface area (Å²) in [5.41, 5.74) is 15.8. The third-order valence-corrected chi connectivity index (χ3v) is 22.3. The zero-order chi connectivity index (χ0) is 51.7. The average Bonchev–Trinajstić information content (AvgIpc) is 3.43. The van der Waals surface area contributed by atoms with Gasteiger partial charge in [-0.05, 0) is 157 Å². The number of hydrogen-bond acceptors (Lipinski definition) is 1. The van der Waals surface area contributed by atoms with Gasteiger partial charge in [-0.25, -0.2) is 0 Å². The van der Waals surface area contributed by atoms with Gasteiger partial charge in [0.05, 0.1) is 11.0 Å². The molecular weight excluding hydrogens is 959 g/mol. The fourth-order valence-electron chi connectivity index (χ4n) is 13.8. The molecule has 0 saturated heterocycles. The normalized spacial score (nSPS) is 15.1. The Labute approximate surface area is 454 Å². The summed E-state index contributed by atoms with van der Waals surface area (Å²) in [6.45, 7) is 4.83. The second-order valence-electron chi connectivity index (χ2n) is 21.9. The van der Waals surface area contributed by atoms with Gasteiger partial charge >= 0.3 is 0 Å². The van der Waals surface area contributed by atoms with Crippen LogP contribution in [0.15, 0.2) is 273 Å². The van der Waals surface area contributed by atoms with Gasteiger partial charge in [0, 0.05) is 21.9 Å². The topological polar surface area (TPSA) is 14.2 Å². The second-order valence-corrected chi connectivity index (χ2v) is 25.7. The van der Waals surface area contributed by atoms with Crippen molar-refractivity contribution in [1.29, 1.82) is 0 Å². The zero-order valence-corrected chi connectivity index (χ0v) is 44.3. The van der Waals surface area contributed by atoms with Crippen molar-refractivity contribution >= 4 is 82.9 Å². The first-order valence-corrected chi connectivity index (χ1v) is 29.2. The highest BCUT2D eigenvalue weighted by Crippen LogP contribution is 2.50. The van der Waals surface area contributed by atoms with Crippen molar-refractivity contribution < 1.29 is 4.74 Å². The van der Waals surface area contributed by atoms with E-state index < -0.39 is 8.07 Å². The van der Waals surface area contributed by atoms with Crippen LogP contribution < -0.4 is 25.5 Å². The maximum absolute atomic E-state index is 7.23. The minimum absolute atomic E-state index is 0.241. The minimum Gasteiger partial charge on any atom is -0.458 e. The number of nitrogens with zero attached hydrogens (tertiary/aromatic N) is 1. The largest absolute Gasteiger partial charge is 0.458 e. The Kier molecular flexibility index (Phi) is 9.74. The zero-order valence-electron chi connectivity index (χ0n) is 43.3. The molecule has 1 aromatic heterocycles. The molecule has 366 valence electrons. The molecular formula is C75H51NOSi. The van der Waals surface area contributed by atoms with E-state index in [4.69, 9.17) is 4.74 Å². The fourth-order valence-corrected chi connectivity index (χ4v) is 18.7. The molecule has 2 nitrogen and oxygen atoms in total. The van der Waals surface area contributed by atoms with E-state index >= 15 is 0 Å². The van der Waals surface area contributed by atoms with Crippen LogP contribution in [-0.4, -0.2) is 12.6 Å². The number of hydrogen-bond donors (Lipinski definition) is 0. The molecule has 78 heavy (non-hydrogen) atoms. The van der Waals surface area contributed by atoms with Crippen molar-refractivity contribution in [3.63, 3.8) is 0 Å². The highest BCUT2D eigenvalue weighted by molar-refractivity contribution is 7.20. The molecule has 0 N–H and O–H groups in total. The molecule has 13 aromatic carbocycles. The monoisotopic (exact) mass is 1010 g/mol. The first-order valence-electron chi connectivity index (χ1n) is 27.2. The summed E-state index contributed by atoms with van der Waals surface area (Å²) in [4.78, 5) is 0. The van der Waals surface area contributed by atoms with Gasteiger partial charge in [0.2, 0.25) is 0 Å². The van der Waals surface area contributed by atoms with Crippen LogP contribution in [0.1, 0.15) is 25.0 Å². The van der Waals surface area contributed by atoms with Crippen LogP contribution in [0.4, 0.5) is 0 Å². The predicted octanol–water partition coefficient (Wildman–Crippen LogP) is 17.0. The molecule has 1 aliphatic carbocycles. The van der Waals surface area contributed by atoms with Crippen LogP contribution in [0, 0.1) is 0 Å². The van der Waals surface area contributed by atoms with Crippen LogP contribution in [0.3, 0.4) is 0 Å². The molecule has 0 bridgehead atoms. The lowest BCUT2D eigenvalue weighted by molar-refractivity contribution is 0.487. The van der Waals surface area contributed by atoms with E-state index in [0.717, 1.165) is 22.7 Å². The Morgan fingerprint density at radius 2 is 0.782 bits per heavy atom. The maximum atomic E-state index is 7.23. The van der Waals surface area contributed by atoms with Gasteiger partial charge in [-0.1, -0.05) is 238 Å². The molecule has 0 spiro atoms. The van der Waals surface area contributed by atoms with Crippen LogP contribution in [0.5, 0.6) is 11.5 Å². The quantitative estimate of drug-likeness (QED) is 0.120. The van der Waals surface area contributed by atoms with Gasteiger partial charge < -0.3 is 9.30 Å². The Hall–Kier alpha value is -9.54. The average molecular weight is 1010 g/mol. The van der Waals surface area contributed by atoms with Crippen LogP contribution in [0.25, 0.3) is 104 Å². The summed E-state index contributed by atoms with van der Waals surface area (Å²) in [5.74, 6) is 1.84. The molecule has 1 atom stereocenters. The van der Waals surface area contributed by atoms with E-state index in [1.165, 1.54) is 125 Å². The number of benzene rings is 13. The van der Waals surface area contributed by atoms with Crippen molar-refractivity contribution in [3.05, 3.63) is 284 Å². The lowest BCUT2D eigenvalue weighted by Gasteiger charge is -2.40. The molecule has 16 rings (SSSR count). The third kappa shape index (κ3) is 6.49. The molecule has 1 unspecified atom stereocenters. The highest BCUT2D eigenvalue weighted by atomic mass is 28.3. The van der Waals surface area contributed by atoms with Crippen LogP contribution in [0.2, 0.25) is 0 Å². The first-order chi connectivity index (χ1) is 38.4. The van der Waals surface area contributed by atoms with Crippen LogP contribution >= 0.6 is 0 Å². The fraction of sp³-hybridized carbons (Fsp3) is 0.0400. The van der Waals surface area contributed by atoms with Gasteiger partial charge in [0.1, 0.15) is 11.5 Å². The van der Waals surface area contributed by atoms with Gasteiger partial charge in [0.25, 0.3) is 0 Å². The Morgan fingerprint density at radius 3 is 1.50 bits per heavy atom. The number of para-hydroxylation sites is 3. The van der Waals surface area contributed by atoms with E-state index in [9.17, 15) is 0 Å². The SMILES string of the molecule is CC1(C)c2cc(-c3ccccc3)ccc2-c2ccc([Si]3(c4ccc(-c5cccc(-n6c7ccccc7c7ccccc76)c5)cc4)c4ccccc4Oc4cc(-c5ccc6c7ccccc7c7ccccc7c6c5)ccc43)cc21. The third-order valence-electron chi connectivity index (χ3n) is 17.5. The molecule has 0 saturated carbocycles. The van der Waals surface area contributed by atoms with Crippen molar-refractivity contribution in [2.24, 2.45) is 0 Å². The van der Waals surface area contributed by atoms with Gasteiger partial charge in [-0.15, -0.1) is 0 Å². The molecule has 0 radical (unpaired) electrons. The van der Waals surface area contributed by atoms with E-state index in [1.54, 1.807) is 0 Å². The van der Waals surface area contributed by atoms with E-state index in [-0.39, 0.29) is 5.41 Å². The smallest absolute Gasteiger partial charge is 0.188 e. The standard InChI is InChI=1S/C75H51NOSi/c1-75(2)67-45-52(48-17-4-3-5-18-48)34-40-62(67)63-41-38-56(47-68(63)75)78(55-36-31-49(32-37-55)50-19-16-20-54(43-50)76-69-27-12-10-25-64(69)65-26-11-13-28-70(65)76)73-30-15-14-29-71(73)77-72-46-53(35-42-74(72)78)51-33-39-61-59-23-7-6-21-57(59)58-22-8-9-24-60(58)66(61)44-51/h3-47H,1-2H3. The summed E-state index contributed by atoms with van der Waals surface area (Å²) < 4.78 is 9.64. The highest BCUT2D eigenvalue weighted by Gasteiger charge is 2.49. The number of aromatic nitrogens is 1. The molecule has 14 aromatic rings. The maximum Gasteiger partial charge on any atom is 0.188 e. The Bertz CT molecular complexity index is 4710. The Balaban J connectivity index is 0.885. The molecule has 1 aliphatic heterocycles. The van der Waals surface area contributed by atoms with Gasteiger partial charge in [-0.2, -0.15) is 0 Å². The lowest BCUT2D eigenvalue weighted by Crippen LogP contribution is -2.76. The molecule has 2 aliphatic rings. The van der Waals surface area contributed by atoms with E-state index in [2.05, 4.69) is 291 Å². The van der Waals surface area contributed by atoms with E-state index in [1.807, 2.05) is 0 Å². The van der Waals surface area contributed by atoms with Crippen molar-refractivity contribution in [3.8, 4) is 61.7 Å². The predicted molar refractivity (Wildman–Crippen MR) is 331 cm³/mol. The minimum atomic E-state index is -3.15. The van der Waals surface area contributed by atoms with E-state index in [0.29, 0.717) is 0 Å². The summed E-state index contributed by atoms with van der Waals surface area (Å²) in [7, 11) is -3.15. The van der Waals surface area contributed by atoms with Crippen molar-refractivity contribution in [2.45, 2.75) is 19.3 Å². The van der Waals surface area contributed by atoms with Crippen molar-refractivity contribution in [2.75, 3.05) is 0 Å². The Morgan fingerprint density at radius 1 is 0.308 bits per heavy atom. The summed E-state index contributed by atoms with van der Waals surface area (Å²) in [6.07, 6.45) is 0. The first kappa shape index (κ1) is 44.7. The summed E-state index contributed by atoms with van der Waals surface area (Å²) in [5, 5.41) is 15.3. The number of rotatable bonds is 6. The number of ether oxygens (including phenoxy) is 1. The van der Waals surface area contributed by atoms with Crippen molar-refractivity contribution in [1.82, 2.24) is 4.57 Å². The molecule has 2 heterocycles. The molecule has 0 fully saturated rings. The number of fused-ring (bicyclic) bond motifs is 14. The lowest BCUT2D eigenvalue weighted by atomic mass is 9.81.